The number of thiazole rings is 1. The highest BCUT2D eigenvalue weighted by Crippen LogP contribution is 2.29. The molecule has 1 N–H and O–H groups in total. The zero-order valence-corrected chi connectivity index (χ0v) is 14.4. The van der Waals surface area contributed by atoms with E-state index >= 15 is 0 Å². The van der Waals surface area contributed by atoms with Gasteiger partial charge in [-0.3, -0.25) is 9.71 Å². The lowest BCUT2D eigenvalue weighted by Crippen LogP contribution is -2.13. The molecule has 7 heteroatoms. The lowest BCUT2D eigenvalue weighted by atomic mass is 10.2. The number of fused-ring (bicyclic) bond motifs is 2. The average molecular weight is 355 g/mol. The predicted octanol–water partition coefficient (Wildman–Crippen LogP) is 3.95. The molecule has 0 saturated heterocycles. The summed E-state index contributed by atoms with van der Waals surface area (Å²) in [4.78, 5) is 8.71. The van der Waals surface area contributed by atoms with Crippen LogP contribution in [0.3, 0.4) is 0 Å². The zero-order valence-electron chi connectivity index (χ0n) is 12.7. The standard InChI is InChI=1S/C17H13N3O2S2/c1-11-7-8-13-14(10-11)23-17(19-13)20-24(21,22)15-6-2-4-12-5-3-9-18-16(12)15/h2-10H,1H3,(H,19,20). The summed E-state index contributed by atoms with van der Waals surface area (Å²) in [5, 5.41) is 1.13. The van der Waals surface area contributed by atoms with Gasteiger partial charge in [-0.1, -0.05) is 35.6 Å². The van der Waals surface area contributed by atoms with E-state index in [0.29, 0.717) is 10.6 Å². The maximum Gasteiger partial charge on any atom is 0.265 e. The van der Waals surface area contributed by atoms with Gasteiger partial charge in [0.15, 0.2) is 5.13 Å². The van der Waals surface area contributed by atoms with E-state index in [1.807, 2.05) is 37.3 Å². The Morgan fingerprint density at radius 1 is 1.08 bits per heavy atom. The summed E-state index contributed by atoms with van der Waals surface area (Å²) in [6.45, 7) is 1.99. The molecule has 2 heterocycles. The van der Waals surface area contributed by atoms with Crippen LogP contribution in [0.1, 0.15) is 5.56 Å². The molecule has 0 radical (unpaired) electrons. The van der Waals surface area contributed by atoms with Crippen LogP contribution in [-0.4, -0.2) is 18.4 Å². The molecule has 2 aromatic heterocycles. The van der Waals surface area contributed by atoms with Gasteiger partial charge in [-0.05, 0) is 36.8 Å². The van der Waals surface area contributed by atoms with Gasteiger partial charge in [-0.15, -0.1) is 0 Å². The molecule has 0 saturated carbocycles. The average Bonchev–Trinajstić information content (AvgIpc) is 2.94. The second-order valence-corrected chi connectivity index (χ2v) is 8.11. The van der Waals surface area contributed by atoms with Crippen molar-refractivity contribution in [1.29, 1.82) is 0 Å². The Labute approximate surface area is 143 Å². The highest BCUT2D eigenvalue weighted by atomic mass is 32.2. The maximum atomic E-state index is 12.8. The molecule has 0 bridgehead atoms. The number of nitrogens with zero attached hydrogens (tertiary/aromatic N) is 2. The third-order valence-corrected chi connectivity index (χ3v) is 6.08. The number of anilines is 1. The van der Waals surface area contributed by atoms with Crippen LogP contribution in [0.4, 0.5) is 5.13 Å². The molecule has 0 fully saturated rings. The van der Waals surface area contributed by atoms with Crippen LogP contribution in [0.5, 0.6) is 0 Å². The molecular formula is C17H13N3O2S2. The first-order valence-corrected chi connectivity index (χ1v) is 9.57. The largest absolute Gasteiger partial charge is 0.265 e. The van der Waals surface area contributed by atoms with Gasteiger partial charge in [0.1, 0.15) is 4.90 Å². The molecule has 4 rings (SSSR count). The Morgan fingerprint density at radius 3 is 2.79 bits per heavy atom. The summed E-state index contributed by atoms with van der Waals surface area (Å²) >= 11 is 1.32. The van der Waals surface area contributed by atoms with E-state index in [1.165, 1.54) is 11.3 Å². The first-order chi connectivity index (χ1) is 11.5. The normalized spacial score (nSPS) is 11.9. The van der Waals surface area contributed by atoms with E-state index in [1.54, 1.807) is 24.4 Å². The summed E-state index contributed by atoms with van der Waals surface area (Å²) in [5.41, 5.74) is 2.34. The molecule has 5 nitrogen and oxygen atoms in total. The van der Waals surface area contributed by atoms with Gasteiger partial charge in [0.2, 0.25) is 0 Å². The number of sulfonamides is 1. The number of aromatic nitrogens is 2. The Hall–Kier alpha value is -2.51. The fraction of sp³-hybridized carbons (Fsp3) is 0.0588. The molecule has 0 aliphatic rings. The van der Waals surface area contributed by atoms with E-state index in [0.717, 1.165) is 21.2 Å². The first-order valence-electron chi connectivity index (χ1n) is 7.27. The number of benzene rings is 2. The van der Waals surface area contributed by atoms with Gasteiger partial charge in [0.05, 0.1) is 15.7 Å². The van der Waals surface area contributed by atoms with Crippen LogP contribution < -0.4 is 4.72 Å². The smallest absolute Gasteiger partial charge is 0.255 e. The van der Waals surface area contributed by atoms with Gasteiger partial charge in [-0.2, -0.15) is 0 Å². The predicted molar refractivity (Wildman–Crippen MR) is 96.9 cm³/mol. The lowest BCUT2D eigenvalue weighted by Gasteiger charge is -2.07. The first kappa shape index (κ1) is 15.0. The summed E-state index contributed by atoms with van der Waals surface area (Å²) in [6.07, 6.45) is 1.59. The Kier molecular flexibility index (Phi) is 3.47. The van der Waals surface area contributed by atoms with Crippen LogP contribution >= 0.6 is 11.3 Å². The van der Waals surface area contributed by atoms with Gasteiger partial charge in [0.25, 0.3) is 10.0 Å². The minimum absolute atomic E-state index is 0.149. The van der Waals surface area contributed by atoms with Crippen LogP contribution in [0, 0.1) is 6.92 Å². The third kappa shape index (κ3) is 2.61. The Balaban J connectivity index is 1.79. The van der Waals surface area contributed by atoms with Gasteiger partial charge >= 0.3 is 0 Å². The molecule has 0 unspecified atom stereocenters. The number of hydrogen-bond donors (Lipinski definition) is 1. The fourth-order valence-corrected chi connectivity index (χ4v) is 4.92. The molecule has 0 spiro atoms. The van der Waals surface area contributed by atoms with Crippen molar-refractivity contribution in [2.75, 3.05) is 4.72 Å². The fourth-order valence-electron chi connectivity index (χ4n) is 2.54. The van der Waals surface area contributed by atoms with Crippen molar-refractivity contribution >= 4 is 47.6 Å². The highest BCUT2D eigenvalue weighted by molar-refractivity contribution is 7.93. The molecule has 4 aromatic rings. The molecule has 0 atom stereocenters. The van der Waals surface area contributed by atoms with Crippen molar-refractivity contribution in [1.82, 2.24) is 9.97 Å². The second kappa shape index (κ2) is 5.54. The van der Waals surface area contributed by atoms with E-state index in [2.05, 4.69) is 14.7 Å². The molecular weight excluding hydrogens is 342 g/mol. The SMILES string of the molecule is Cc1ccc2nc(NS(=O)(=O)c3cccc4cccnc34)sc2c1. The Morgan fingerprint density at radius 2 is 1.92 bits per heavy atom. The molecule has 0 aliphatic carbocycles. The quantitative estimate of drug-likeness (QED) is 0.604. The van der Waals surface area contributed by atoms with Crippen molar-refractivity contribution in [3.63, 3.8) is 0 Å². The monoisotopic (exact) mass is 355 g/mol. The van der Waals surface area contributed by atoms with Crippen LogP contribution in [-0.2, 0) is 10.0 Å². The number of hydrogen-bond acceptors (Lipinski definition) is 5. The highest BCUT2D eigenvalue weighted by Gasteiger charge is 2.20. The molecule has 0 amide bonds. The maximum absolute atomic E-state index is 12.8. The number of rotatable bonds is 3. The molecule has 2 aromatic carbocycles. The minimum Gasteiger partial charge on any atom is -0.255 e. The van der Waals surface area contributed by atoms with E-state index in [9.17, 15) is 8.42 Å². The number of aryl methyl sites for hydroxylation is 1. The van der Waals surface area contributed by atoms with Crippen molar-refractivity contribution < 1.29 is 8.42 Å². The summed E-state index contributed by atoms with van der Waals surface area (Å²) in [7, 11) is -3.76. The topological polar surface area (TPSA) is 72.0 Å². The van der Waals surface area contributed by atoms with Crippen LogP contribution in [0.25, 0.3) is 21.1 Å². The van der Waals surface area contributed by atoms with Gasteiger partial charge in [-0.25, -0.2) is 13.4 Å². The Bertz CT molecular complexity index is 1160. The lowest BCUT2D eigenvalue weighted by molar-refractivity contribution is 0.602. The van der Waals surface area contributed by atoms with E-state index < -0.39 is 10.0 Å². The van der Waals surface area contributed by atoms with Crippen molar-refractivity contribution in [2.24, 2.45) is 0 Å². The van der Waals surface area contributed by atoms with Gasteiger partial charge in [0, 0.05) is 11.6 Å². The third-order valence-electron chi connectivity index (χ3n) is 3.65. The summed E-state index contributed by atoms with van der Waals surface area (Å²) in [6, 6.07) is 14.5. The van der Waals surface area contributed by atoms with Crippen LogP contribution in [0.15, 0.2) is 59.6 Å². The van der Waals surface area contributed by atoms with E-state index in [4.69, 9.17) is 0 Å². The zero-order chi connectivity index (χ0) is 16.7. The molecule has 0 aliphatic heterocycles. The van der Waals surface area contributed by atoms with E-state index in [-0.39, 0.29) is 4.90 Å². The number of pyridine rings is 1. The number of para-hydroxylation sites is 1. The molecule has 120 valence electrons. The summed E-state index contributed by atoms with van der Waals surface area (Å²) in [5.74, 6) is 0. The minimum atomic E-state index is -3.76. The second-order valence-electron chi connectivity index (χ2n) is 5.43. The number of nitrogens with one attached hydrogen (secondary N) is 1. The van der Waals surface area contributed by atoms with Crippen molar-refractivity contribution in [3.8, 4) is 0 Å². The molecule has 24 heavy (non-hydrogen) atoms. The summed E-state index contributed by atoms with van der Waals surface area (Å²) < 4.78 is 29.1. The van der Waals surface area contributed by atoms with Gasteiger partial charge < -0.3 is 0 Å². The van der Waals surface area contributed by atoms with Crippen molar-refractivity contribution in [3.05, 3.63) is 60.3 Å². The van der Waals surface area contributed by atoms with Crippen molar-refractivity contribution in [2.45, 2.75) is 11.8 Å². The van der Waals surface area contributed by atoms with Crippen LogP contribution in [0.2, 0.25) is 0 Å².